The number of alkyl halides is 1. The molecule has 16 heavy (non-hydrogen) atoms. The normalized spacial score (nSPS) is 10.1. The Bertz CT molecular complexity index is 450. The van der Waals surface area contributed by atoms with Gasteiger partial charge in [-0.2, -0.15) is 0 Å². The van der Waals surface area contributed by atoms with E-state index in [1.165, 1.54) is 3.57 Å². The lowest BCUT2D eigenvalue weighted by molar-refractivity contribution is 0.482. The summed E-state index contributed by atoms with van der Waals surface area (Å²) in [5.74, 6) is 2.21. The number of rotatable bonds is 3. The Morgan fingerprint density at radius 3 is 1.88 bits per heavy atom. The van der Waals surface area contributed by atoms with Gasteiger partial charge in [-0.05, 0) is 64.6 Å². The highest BCUT2D eigenvalue weighted by Gasteiger charge is 1.97. The average Bonchev–Trinajstić information content (AvgIpc) is 2.33. The first kappa shape index (κ1) is 11.7. The Balaban J connectivity index is 2.11. The van der Waals surface area contributed by atoms with E-state index < -0.39 is 0 Å². The van der Waals surface area contributed by atoms with Crippen LogP contribution in [0.5, 0.6) is 11.5 Å². The first-order chi connectivity index (χ1) is 7.78. The zero-order valence-corrected chi connectivity index (χ0v) is 11.4. The van der Waals surface area contributed by atoms with E-state index in [0.717, 1.165) is 17.1 Å². The quantitative estimate of drug-likeness (QED) is 0.573. The highest BCUT2D eigenvalue weighted by molar-refractivity contribution is 14.1. The van der Waals surface area contributed by atoms with Crippen LogP contribution in [0, 0.1) is 3.57 Å². The molecule has 0 amide bonds. The summed E-state index contributed by atoms with van der Waals surface area (Å²) in [5, 5.41) is 0. The molecule has 2 rings (SSSR count). The minimum absolute atomic E-state index is 0.532. The van der Waals surface area contributed by atoms with Gasteiger partial charge in [0, 0.05) is 9.45 Å². The van der Waals surface area contributed by atoms with Gasteiger partial charge in [-0.3, -0.25) is 0 Å². The topological polar surface area (TPSA) is 9.23 Å². The van der Waals surface area contributed by atoms with Crippen molar-refractivity contribution in [3.05, 3.63) is 57.7 Å². The molecule has 0 radical (unpaired) electrons. The second-order valence-corrected chi connectivity index (χ2v) is 4.85. The molecule has 0 aliphatic rings. The third-order valence-corrected chi connectivity index (χ3v) is 3.15. The van der Waals surface area contributed by atoms with Crippen molar-refractivity contribution in [3.63, 3.8) is 0 Å². The summed E-state index contributed by atoms with van der Waals surface area (Å²) in [5.41, 5.74) is 1.09. The van der Waals surface area contributed by atoms with Gasteiger partial charge in [-0.25, -0.2) is 0 Å². The van der Waals surface area contributed by atoms with E-state index in [-0.39, 0.29) is 0 Å². The molecule has 0 aliphatic carbocycles. The molecular formula is C13H10ClIO. The molecule has 2 aromatic carbocycles. The summed E-state index contributed by atoms with van der Waals surface area (Å²) in [6.07, 6.45) is 0. The van der Waals surface area contributed by atoms with Crippen LogP contribution in [0.25, 0.3) is 0 Å². The van der Waals surface area contributed by atoms with Crippen LogP contribution in [0.1, 0.15) is 5.56 Å². The van der Waals surface area contributed by atoms with E-state index in [0.29, 0.717) is 5.88 Å². The summed E-state index contributed by atoms with van der Waals surface area (Å²) < 4.78 is 6.88. The summed E-state index contributed by atoms with van der Waals surface area (Å²) in [6.45, 7) is 0. The van der Waals surface area contributed by atoms with Crippen LogP contribution in [0.2, 0.25) is 0 Å². The largest absolute Gasteiger partial charge is 0.457 e. The van der Waals surface area contributed by atoms with E-state index in [1.54, 1.807) is 0 Å². The molecule has 0 heterocycles. The van der Waals surface area contributed by atoms with Crippen molar-refractivity contribution in [2.45, 2.75) is 5.88 Å². The molecule has 3 heteroatoms. The van der Waals surface area contributed by atoms with Gasteiger partial charge in [0.15, 0.2) is 0 Å². The van der Waals surface area contributed by atoms with E-state index in [9.17, 15) is 0 Å². The fourth-order valence-corrected chi connectivity index (χ4v) is 1.82. The van der Waals surface area contributed by atoms with Crippen LogP contribution >= 0.6 is 34.2 Å². The SMILES string of the molecule is ClCc1ccc(Oc2ccc(I)cc2)cc1. The third kappa shape index (κ3) is 3.12. The van der Waals surface area contributed by atoms with Gasteiger partial charge in [0.05, 0.1) is 0 Å². The lowest BCUT2D eigenvalue weighted by Crippen LogP contribution is -1.84. The fraction of sp³-hybridized carbons (Fsp3) is 0.0769. The first-order valence-electron chi connectivity index (χ1n) is 4.86. The predicted molar refractivity (Wildman–Crippen MR) is 75.2 cm³/mol. The monoisotopic (exact) mass is 344 g/mol. The first-order valence-corrected chi connectivity index (χ1v) is 6.47. The maximum atomic E-state index is 5.72. The highest BCUT2D eigenvalue weighted by atomic mass is 127. The van der Waals surface area contributed by atoms with E-state index >= 15 is 0 Å². The smallest absolute Gasteiger partial charge is 0.127 e. The molecule has 2 aromatic rings. The number of hydrogen-bond donors (Lipinski definition) is 0. The summed E-state index contributed by atoms with van der Waals surface area (Å²) in [6, 6.07) is 15.7. The second kappa shape index (κ2) is 5.55. The minimum Gasteiger partial charge on any atom is -0.457 e. The third-order valence-electron chi connectivity index (χ3n) is 2.13. The van der Waals surface area contributed by atoms with Gasteiger partial charge < -0.3 is 4.74 Å². The van der Waals surface area contributed by atoms with Gasteiger partial charge in [0.1, 0.15) is 11.5 Å². The maximum Gasteiger partial charge on any atom is 0.127 e. The van der Waals surface area contributed by atoms with Crippen LogP contribution in [0.15, 0.2) is 48.5 Å². The van der Waals surface area contributed by atoms with E-state index in [1.807, 2.05) is 48.5 Å². The Kier molecular flexibility index (Phi) is 4.07. The van der Waals surface area contributed by atoms with Crippen molar-refractivity contribution in [1.29, 1.82) is 0 Å². The number of hydrogen-bond acceptors (Lipinski definition) is 1. The Hall–Kier alpha value is -0.740. The number of halogens is 2. The van der Waals surface area contributed by atoms with Gasteiger partial charge in [0.25, 0.3) is 0 Å². The zero-order valence-electron chi connectivity index (χ0n) is 8.49. The molecule has 0 bridgehead atoms. The Morgan fingerprint density at radius 1 is 0.875 bits per heavy atom. The van der Waals surface area contributed by atoms with Crippen molar-refractivity contribution >= 4 is 34.2 Å². The van der Waals surface area contributed by atoms with Crippen molar-refractivity contribution in [3.8, 4) is 11.5 Å². The number of ether oxygens (including phenoxy) is 1. The van der Waals surface area contributed by atoms with Crippen LogP contribution in [0.3, 0.4) is 0 Å². The van der Waals surface area contributed by atoms with Crippen LogP contribution in [-0.2, 0) is 5.88 Å². The molecule has 0 unspecified atom stereocenters. The van der Waals surface area contributed by atoms with Crippen LogP contribution < -0.4 is 4.74 Å². The van der Waals surface area contributed by atoms with Crippen molar-refractivity contribution < 1.29 is 4.74 Å². The average molecular weight is 345 g/mol. The predicted octanol–water partition coefficient (Wildman–Crippen LogP) is 4.82. The Morgan fingerprint density at radius 2 is 1.38 bits per heavy atom. The van der Waals surface area contributed by atoms with Gasteiger partial charge >= 0.3 is 0 Å². The molecule has 0 spiro atoms. The van der Waals surface area contributed by atoms with E-state index in [2.05, 4.69) is 22.6 Å². The summed E-state index contributed by atoms with van der Waals surface area (Å²) in [7, 11) is 0. The summed E-state index contributed by atoms with van der Waals surface area (Å²) >= 11 is 7.98. The highest BCUT2D eigenvalue weighted by Crippen LogP contribution is 2.22. The standard InChI is InChI=1S/C13H10ClIO/c14-9-10-1-5-12(6-2-10)16-13-7-3-11(15)4-8-13/h1-8H,9H2. The zero-order chi connectivity index (χ0) is 11.4. The lowest BCUT2D eigenvalue weighted by atomic mass is 10.2. The molecule has 0 fully saturated rings. The minimum atomic E-state index is 0.532. The van der Waals surface area contributed by atoms with Gasteiger partial charge in [-0.1, -0.05) is 12.1 Å². The molecule has 82 valence electrons. The molecule has 0 aliphatic heterocycles. The van der Waals surface area contributed by atoms with Gasteiger partial charge in [0.2, 0.25) is 0 Å². The maximum absolute atomic E-state index is 5.72. The van der Waals surface area contributed by atoms with Gasteiger partial charge in [-0.15, -0.1) is 11.6 Å². The van der Waals surface area contributed by atoms with Crippen LogP contribution in [0.4, 0.5) is 0 Å². The molecule has 0 saturated heterocycles. The van der Waals surface area contributed by atoms with Crippen molar-refractivity contribution in [2.24, 2.45) is 0 Å². The Labute approximate surface area is 114 Å². The second-order valence-electron chi connectivity index (χ2n) is 3.33. The van der Waals surface area contributed by atoms with Crippen molar-refractivity contribution in [1.82, 2.24) is 0 Å². The molecular weight excluding hydrogens is 334 g/mol. The fourth-order valence-electron chi connectivity index (χ4n) is 1.29. The molecule has 1 nitrogen and oxygen atoms in total. The molecule has 0 aromatic heterocycles. The molecule has 0 atom stereocenters. The van der Waals surface area contributed by atoms with E-state index in [4.69, 9.17) is 16.3 Å². The van der Waals surface area contributed by atoms with Crippen molar-refractivity contribution in [2.75, 3.05) is 0 Å². The number of benzene rings is 2. The molecule has 0 N–H and O–H groups in total. The van der Waals surface area contributed by atoms with Crippen LogP contribution in [-0.4, -0.2) is 0 Å². The molecule has 0 saturated carbocycles. The summed E-state index contributed by atoms with van der Waals surface area (Å²) in [4.78, 5) is 0. The lowest BCUT2D eigenvalue weighted by Gasteiger charge is -2.05.